The third kappa shape index (κ3) is 2.71. The summed E-state index contributed by atoms with van der Waals surface area (Å²) in [4.78, 5) is 0. The van der Waals surface area contributed by atoms with Gasteiger partial charge in [-0.2, -0.15) is 0 Å². The molecule has 0 aliphatic rings. The molecule has 0 amide bonds. The van der Waals surface area contributed by atoms with Crippen molar-refractivity contribution in [1.82, 2.24) is 0 Å². The second-order valence-electron chi connectivity index (χ2n) is 1.78. The van der Waals surface area contributed by atoms with Crippen LogP contribution in [0.5, 0.6) is 0 Å². The molecule has 0 saturated carbocycles. The number of hydrogen-bond acceptors (Lipinski definition) is 1. The van der Waals surface area contributed by atoms with Crippen molar-refractivity contribution in [1.29, 1.82) is 0 Å². The molecule has 2 N–H and O–H groups in total. The molecule has 1 nitrogen and oxygen atoms in total. The summed E-state index contributed by atoms with van der Waals surface area (Å²) in [6, 6.07) is 3.30. The molecule has 1 aromatic rings. The monoisotopic (exact) mass is 275 g/mol. The molecule has 0 unspecified atom stereocenters. The maximum atomic E-state index is 5.68. The normalized spacial score (nSPS) is 9.00. The van der Waals surface area contributed by atoms with Crippen LogP contribution < -0.4 is 5.73 Å². The van der Waals surface area contributed by atoms with Crippen LogP contribution in [0.15, 0.2) is 16.6 Å². The molecular weight excluding hydrogens is 272 g/mol. The molecule has 0 radical (unpaired) electrons. The number of halogens is 4. The van der Waals surface area contributed by atoms with Gasteiger partial charge in [0.05, 0.1) is 10.7 Å². The minimum Gasteiger partial charge on any atom is -0.397 e. The molecule has 0 atom stereocenters. The fraction of sp³-hybridized carbons (Fsp3) is 0. The summed E-state index contributed by atoms with van der Waals surface area (Å²) >= 11 is 14.5. The highest BCUT2D eigenvalue weighted by Gasteiger charge is 2.01. The van der Waals surface area contributed by atoms with Gasteiger partial charge in [-0.05, 0) is 28.1 Å². The van der Waals surface area contributed by atoms with Gasteiger partial charge in [0.15, 0.2) is 0 Å². The van der Waals surface area contributed by atoms with Crippen LogP contribution in [-0.2, 0) is 0 Å². The van der Waals surface area contributed by atoms with Gasteiger partial charge >= 0.3 is 0 Å². The summed E-state index contributed by atoms with van der Waals surface area (Å²) < 4.78 is 0.727. The van der Waals surface area contributed by atoms with Crippen LogP contribution in [0.4, 0.5) is 5.69 Å². The smallest absolute Gasteiger partial charge is 0.0661 e. The number of rotatable bonds is 0. The molecular formula is C6H5BrCl3N. The summed E-state index contributed by atoms with van der Waals surface area (Å²) in [7, 11) is 0. The van der Waals surface area contributed by atoms with Crippen LogP contribution in [-0.4, -0.2) is 0 Å². The van der Waals surface area contributed by atoms with Crippen LogP contribution in [0.2, 0.25) is 10.0 Å². The van der Waals surface area contributed by atoms with Crippen LogP contribution in [0.1, 0.15) is 0 Å². The van der Waals surface area contributed by atoms with E-state index in [0.29, 0.717) is 15.7 Å². The number of anilines is 1. The molecule has 62 valence electrons. The van der Waals surface area contributed by atoms with Gasteiger partial charge in [0, 0.05) is 9.50 Å². The first-order chi connectivity index (χ1) is 4.61. The molecule has 0 aliphatic carbocycles. The number of hydrogen-bond donors (Lipinski definition) is 1. The molecule has 1 rings (SSSR count). The zero-order valence-electron chi connectivity index (χ0n) is 5.27. The Bertz CT molecular complexity index is 241. The third-order valence-corrected chi connectivity index (χ3v) is 2.23. The Kier molecular flexibility index (Phi) is 4.56. The van der Waals surface area contributed by atoms with Gasteiger partial charge in [-0.25, -0.2) is 0 Å². The standard InChI is InChI=1S/C6H4BrCl2N.ClH/c7-4-1-3(8)2-5(9)6(4)10;/h1-2H,10H2;1H. The molecule has 1 aromatic carbocycles. The van der Waals surface area contributed by atoms with Crippen molar-refractivity contribution in [3.63, 3.8) is 0 Å². The fourth-order valence-electron chi connectivity index (χ4n) is 0.553. The highest BCUT2D eigenvalue weighted by atomic mass is 79.9. The average molecular weight is 277 g/mol. The van der Waals surface area contributed by atoms with Crippen molar-refractivity contribution in [2.75, 3.05) is 5.73 Å². The first-order valence-electron chi connectivity index (χ1n) is 2.51. The minimum absolute atomic E-state index is 0. The molecule has 0 aliphatic heterocycles. The molecule has 0 aromatic heterocycles. The SMILES string of the molecule is Cl.Nc1c(Cl)cc(Cl)cc1Br. The summed E-state index contributed by atoms with van der Waals surface area (Å²) in [6.07, 6.45) is 0. The van der Waals surface area contributed by atoms with E-state index in [1.165, 1.54) is 0 Å². The zero-order chi connectivity index (χ0) is 7.72. The lowest BCUT2D eigenvalue weighted by molar-refractivity contribution is 1.63. The summed E-state index contributed by atoms with van der Waals surface area (Å²) in [6.45, 7) is 0. The Morgan fingerprint density at radius 2 is 1.82 bits per heavy atom. The second-order valence-corrected chi connectivity index (χ2v) is 3.48. The van der Waals surface area contributed by atoms with Crippen LogP contribution >= 0.6 is 51.5 Å². The van der Waals surface area contributed by atoms with Crippen LogP contribution in [0.25, 0.3) is 0 Å². The lowest BCUT2D eigenvalue weighted by Crippen LogP contribution is -1.87. The summed E-state index contributed by atoms with van der Waals surface area (Å²) in [5.41, 5.74) is 6.03. The van der Waals surface area contributed by atoms with Gasteiger partial charge in [0.2, 0.25) is 0 Å². The van der Waals surface area contributed by atoms with E-state index >= 15 is 0 Å². The largest absolute Gasteiger partial charge is 0.397 e. The van der Waals surface area contributed by atoms with Gasteiger partial charge < -0.3 is 5.73 Å². The van der Waals surface area contributed by atoms with Gasteiger partial charge in [-0.1, -0.05) is 23.2 Å². The first kappa shape index (κ1) is 11.4. The topological polar surface area (TPSA) is 26.0 Å². The number of nitrogens with two attached hydrogens (primary N) is 1. The maximum absolute atomic E-state index is 5.68. The lowest BCUT2D eigenvalue weighted by Gasteiger charge is -2.00. The Balaban J connectivity index is 0.000001000. The Hall–Kier alpha value is 0.370. The van der Waals surface area contributed by atoms with Gasteiger partial charge in [-0.15, -0.1) is 12.4 Å². The van der Waals surface area contributed by atoms with Gasteiger partial charge in [0.25, 0.3) is 0 Å². The van der Waals surface area contributed by atoms with Crippen molar-refractivity contribution in [3.8, 4) is 0 Å². The lowest BCUT2D eigenvalue weighted by atomic mass is 10.3. The van der Waals surface area contributed by atoms with Gasteiger partial charge in [-0.3, -0.25) is 0 Å². The van der Waals surface area contributed by atoms with E-state index in [0.717, 1.165) is 4.47 Å². The molecule has 0 fully saturated rings. The van der Waals surface area contributed by atoms with E-state index in [1.54, 1.807) is 12.1 Å². The van der Waals surface area contributed by atoms with E-state index < -0.39 is 0 Å². The molecule has 11 heavy (non-hydrogen) atoms. The van der Waals surface area contributed by atoms with Crippen LogP contribution in [0.3, 0.4) is 0 Å². The predicted molar refractivity (Wildman–Crippen MR) is 55.8 cm³/mol. The van der Waals surface area contributed by atoms with E-state index in [2.05, 4.69) is 15.9 Å². The molecule has 0 heterocycles. The average Bonchev–Trinajstić information content (AvgIpc) is 1.82. The fourth-order valence-corrected chi connectivity index (χ4v) is 1.75. The molecule has 0 spiro atoms. The van der Waals surface area contributed by atoms with Crippen molar-refractivity contribution in [2.45, 2.75) is 0 Å². The van der Waals surface area contributed by atoms with E-state index in [-0.39, 0.29) is 12.4 Å². The van der Waals surface area contributed by atoms with E-state index in [1.807, 2.05) is 0 Å². The Morgan fingerprint density at radius 1 is 1.27 bits per heavy atom. The van der Waals surface area contributed by atoms with E-state index in [9.17, 15) is 0 Å². The quantitative estimate of drug-likeness (QED) is 0.718. The number of benzene rings is 1. The molecule has 0 saturated heterocycles. The Labute approximate surface area is 89.4 Å². The third-order valence-electron chi connectivity index (χ3n) is 1.04. The summed E-state index contributed by atoms with van der Waals surface area (Å²) in [5, 5.41) is 1.05. The van der Waals surface area contributed by atoms with Crippen molar-refractivity contribution in [2.24, 2.45) is 0 Å². The van der Waals surface area contributed by atoms with E-state index in [4.69, 9.17) is 28.9 Å². The highest BCUT2D eigenvalue weighted by molar-refractivity contribution is 9.10. The van der Waals surface area contributed by atoms with Crippen LogP contribution in [0, 0.1) is 0 Å². The zero-order valence-corrected chi connectivity index (χ0v) is 9.19. The highest BCUT2D eigenvalue weighted by Crippen LogP contribution is 2.30. The van der Waals surface area contributed by atoms with Gasteiger partial charge in [0.1, 0.15) is 0 Å². The Morgan fingerprint density at radius 3 is 2.27 bits per heavy atom. The molecule has 0 bridgehead atoms. The van der Waals surface area contributed by atoms with Crippen molar-refractivity contribution >= 4 is 57.2 Å². The minimum atomic E-state index is 0. The van der Waals surface area contributed by atoms with Crippen molar-refractivity contribution in [3.05, 3.63) is 26.7 Å². The summed E-state index contributed by atoms with van der Waals surface area (Å²) in [5.74, 6) is 0. The molecule has 5 heteroatoms. The maximum Gasteiger partial charge on any atom is 0.0661 e. The number of nitrogen functional groups attached to an aromatic ring is 1. The predicted octanol–water partition coefficient (Wildman–Crippen LogP) is 3.76. The van der Waals surface area contributed by atoms with Crippen molar-refractivity contribution < 1.29 is 0 Å². The first-order valence-corrected chi connectivity index (χ1v) is 4.06. The second kappa shape index (κ2) is 4.41.